The standard InChI is InChI=1S/C15H11ClFNO2S/c16-21(19,20)15-10-18(14-8-4-2-6-12(14)15)9-11-5-1-3-7-13(11)17/h1-8,10H,9H2. The maximum atomic E-state index is 13.8. The summed E-state index contributed by atoms with van der Waals surface area (Å²) in [6.07, 6.45) is 1.44. The Balaban J connectivity index is 2.18. The lowest BCUT2D eigenvalue weighted by atomic mass is 10.2. The van der Waals surface area contributed by atoms with Gasteiger partial charge in [-0.05, 0) is 12.1 Å². The van der Waals surface area contributed by atoms with E-state index >= 15 is 0 Å². The quantitative estimate of drug-likeness (QED) is 0.688. The Morgan fingerprint density at radius 1 is 1.05 bits per heavy atom. The molecule has 0 radical (unpaired) electrons. The molecule has 0 fully saturated rings. The summed E-state index contributed by atoms with van der Waals surface area (Å²) in [4.78, 5) is 0.0381. The van der Waals surface area contributed by atoms with E-state index < -0.39 is 9.05 Å². The second kappa shape index (κ2) is 5.16. The van der Waals surface area contributed by atoms with E-state index in [9.17, 15) is 12.8 Å². The molecule has 0 aliphatic carbocycles. The molecule has 3 nitrogen and oxygen atoms in total. The molecule has 0 atom stereocenters. The van der Waals surface area contributed by atoms with Crippen molar-refractivity contribution in [2.45, 2.75) is 11.4 Å². The molecule has 0 amide bonds. The van der Waals surface area contributed by atoms with E-state index in [4.69, 9.17) is 10.7 Å². The molecule has 0 spiro atoms. The lowest BCUT2D eigenvalue weighted by molar-refractivity contribution is 0.601. The number of rotatable bonds is 3. The zero-order valence-electron chi connectivity index (χ0n) is 10.8. The number of benzene rings is 2. The molecular weight excluding hydrogens is 313 g/mol. The largest absolute Gasteiger partial charge is 0.342 e. The summed E-state index contributed by atoms with van der Waals surface area (Å²) >= 11 is 0. The summed E-state index contributed by atoms with van der Waals surface area (Å²) in [5, 5.41) is 0.531. The number of para-hydroxylation sites is 1. The lowest BCUT2D eigenvalue weighted by Crippen LogP contribution is -2.00. The molecule has 21 heavy (non-hydrogen) atoms. The highest BCUT2D eigenvalue weighted by Gasteiger charge is 2.18. The van der Waals surface area contributed by atoms with Gasteiger partial charge in [-0.3, -0.25) is 0 Å². The summed E-state index contributed by atoms with van der Waals surface area (Å²) in [6, 6.07) is 13.4. The van der Waals surface area contributed by atoms with Crippen molar-refractivity contribution in [3.05, 3.63) is 66.1 Å². The van der Waals surface area contributed by atoms with Crippen LogP contribution in [0.3, 0.4) is 0 Å². The van der Waals surface area contributed by atoms with Gasteiger partial charge in [-0.2, -0.15) is 0 Å². The van der Waals surface area contributed by atoms with Crippen molar-refractivity contribution >= 4 is 30.6 Å². The Morgan fingerprint density at radius 3 is 2.43 bits per heavy atom. The van der Waals surface area contributed by atoms with Crippen LogP contribution in [0, 0.1) is 5.82 Å². The van der Waals surface area contributed by atoms with Gasteiger partial charge in [-0.25, -0.2) is 12.8 Å². The molecule has 3 aromatic rings. The minimum atomic E-state index is -3.85. The molecule has 0 aliphatic rings. The number of halogens is 2. The average molecular weight is 324 g/mol. The predicted octanol–water partition coefficient (Wildman–Crippen LogP) is 3.76. The van der Waals surface area contributed by atoms with E-state index in [0.717, 1.165) is 0 Å². The predicted molar refractivity (Wildman–Crippen MR) is 80.5 cm³/mol. The third-order valence-electron chi connectivity index (χ3n) is 3.31. The molecule has 1 aromatic heterocycles. The molecular formula is C15H11ClFNO2S. The van der Waals surface area contributed by atoms with Crippen molar-refractivity contribution in [1.29, 1.82) is 0 Å². The topological polar surface area (TPSA) is 39.1 Å². The summed E-state index contributed by atoms with van der Waals surface area (Å²) in [5.74, 6) is -0.328. The van der Waals surface area contributed by atoms with Crippen LogP contribution >= 0.6 is 10.7 Å². The van der Waals surface area contributed by atoms with Gasteiger partial charge in [0.05, 0.1) is 6.54 Å². The molecule has 0 saturated carbocycles. The molecule has 6 heteroatoms. The molecule has 2 aromatic carbocycles. The minimum absolute atomic E-state index is 0.0381. The first kappa shape index (κ1) is 14.1. The Bertz CT molecular complexity index is 918. The summed E-state index contributed by atoms with van der Waals surface area (Å²) in [6.45, 7) is 0.236. The fourth-order valence-electron chi connectivity index (χ4n) is 2.35. The van der Waals surface area contributed by atoms with Crippen LogP contribution in [0.2, 0.25) is 0 Å². The van der Waals surface area contributed by atoms with Gasteiger partial charge in [0.25, 0.3) is 9.05 Å². The van der Waals surface area contributed by atoms with Crippen molar-refractivity contribution in [3.8, 4) is 0 Å². The second-order valence-corrected chi connectivity index (χ2v) is 7.20. The van der Waals surface area contributed by atoms with E-state index in [0.29, 0.717) is 16.5 Å². The van der Waals surface area contributed by atoms with Crippen LogP contribution in [-0.2, 0) is 15.6 Å². The zero-order valence-corrected chi connectivity index (χ0v) is 12.4. The van der Waals surface area contributed by atoms with E-state index in [1.807, 2.05) is 0 Å². The van der Waals surface area contributed by atoms with Crippen LogP contribution < -0.4 is 0 Å². The van der Waals surface area contributed by atoms with Gasteiger partial charge in [0.15, 0.2) is 0 Å². The van der Waals surface area contributed by atoms with Crippen LogP contribution in [0.4, 0.5) is 4.39 Å². The first-order valence-electron chi connectivity index (χ1n) is 6.23. The first-order valence-corrected chi connectivity index (χ1v) is 8.54. The summed E-state index contributed by atoms with van der Waals surface area (Å²) < 4.78 is 38.8. The molecule has 0 saturated heterocycles. The maximum absolute atomic E-state index is 13.8. The number of aromatic nitrogens is 1. The molecule has 0 N–H and O–H groups in total. The number of hydrogen-bond acceptors (Lipinski definition) is 2. The summed E-state index contributed by atoms with van der Waals surface area (Å²) in [5.41, 5.74) is 1.18. The van der Waals surface area contributed by atoms with Crippen molar-refractivity contribution in [3.63, 3.8) is 0 Å². The third-order valence-corrected chi connectivity index (χ3v) is 4.66. The van der Waals surface area contributed by atoms with E-state index in [1.165, 1.54) is 12.3 Å². The summed E-state index contributed by atoms with van der Waals surface area (Å²) in [7, 11) is 1.62. The highest BCUT2D eigenvalue weighted by Crippen LogP contribution is 2.28. The van der Waals surface area contributed by atoms with E-state index in [1.54, 1.807) is 47.0 Å². The van der Waals surface area contributed by atoms with Crippen LogP contribution in [0.5, 0.6) is 0 Å². The third kappa shape index (κ3) is 2.66. The normalized spacial score (nSPS) is 11.9. The molecule has 3 rings (SSSR count). The van der Waals surface area contributed by atoms with Crippen LogP contribution in [-0.4, -0.2) is 13.0 Å². The Labute approximate surface area is 126 Å². The van der Waals surface area contributed by atoms with Crippen molar-refractivity contribution in [2.75, 3.05) is 0 Å². The first-order chi connectivity index (χ1) is 9.97. The molecule has 0 aliphatic heterocycles. The number of nitrogens with zero attached hydrogens (tertiary/aromatic N) is 1. The van der Waals surface area contributed by atoms with Gasteiger partial charge < -0.3 is 4.57 Å². The SMILES string of the molecule is O=S(=O)(Cl)c1cn(Cc2ccccc2F)c2ccccc12. The molecule has 0 bridgehead atoms. The van der Waals surface area contributed by atoms with Crippen LogP contribution in [0.1, 0.15) is 5.56 Å². The van der Waals surface area contributed by atoms with Gasteiger partial charge in [-0.15, -0.1) is 0 Å². The van der Waals surface area contributed by atoms with Crippen molar-refractivity contribution in [1.82, 2.24) is 4.57 Å². The fourth-order valence-corrected chi connectivity index (χ4v) is 3.41. The molecule has 108 valence electrons. The lowest BCUT2D eigenvalue weighted by Gasteiger charge is -2.06. The van der Waals surface area contributed by atoms with Crippen molar-refractivity contribution < 1.29 is 12.8 Å². The van der Waals surface area contributed by atoms with Gasteiger partial charge in [0.1, 0.15) is 10.7 Å². The minimum Gasteiger partial charge on any atom is -0.342 e. The highest BCUT2D eigenvalue weighted by atomic mass is 35.7. The van der Waals surface area contributed by atoms with Crippen LogP contribution in [0.25, 0.3) is 10.9 Å². The monoisotopic (exact) mass is 323 g/mol. The fraction of sp³-hybridized carbons (Fsp3) is 0.0667. The second-order valence-electron chi connectivity index (χ2n) is 4.67. The Kier molecular flexibility index (Phi) is 3.47. The highest BCUT2D eigenvalue weighted by molar-refractivity contribution is 8.14. The van der Waals surface area contributed by atoms with Crippen molar-refractivity contribution in [2.24, 2.45) is 0 Å². The average Bonchev–Trinajstić information content (AvgIpc) is 2.81. The van der Waals surface area contributed by atoms with Gasteiger partial charge in [0, 0.05) is 33.3 Å². The molecule has 0 unspecified atom stereocenters. The number of hydrogen-bond donors (Lipinski definition) is 0. The smallest absolute Gasteiger partial charge is 0.263 e. The van der Waals surface area contributed by atoms with Gasteiger partial charge >= 0.3 is 0 Å². The van der Waals surface area contributed by atoms with E-state index in [2.05, 4.69) is 0 Å². The van der Waals surface area contributed by atoms with Gasteiger partial charge in [0.2, 0.25) is 0 Å². The Morgan fingerprint density at radius 2 is 1.71 bits per heavy atom. The van der Waals surface area contributed by atoms with E-state index in [-0.39, 0.29) is 17.3 Å². The van der Waals surface area contributed by atoms with Crippen LogP contribution in [0.15, 0.2) is 59.6 Å². The maximum Gasteiger partial charge on any atom is 0.263 e. The Hall–Kier alpha value is -1.85. The van der Waals surface area contributed by atoms with Gasteiger partial charge in [-0.1, -0.05) is 36.4 Å². The zero-order chi connectivity index (χ0) is 15.0. The number of fused-ring (bicyclic) bond motifs is 1. The molecule has 1 heterocycles.